The summed E-state index contributed by atoms with van der Waals surface area (Å²) in [6.07, 6.45) is 8.77. The molecule has 104 valence electrons. The predicted octanol–water partition coefficient (Wildman–Crippen LogP) is 3.22. The lowest BCUT2D eigenvalue weighted by Crippen LogP contribution is -2.22. The highest BCUT2D eigenvalue weighted by atomic mass is 16.5. The van der Waals surface area contributed by atoms with Crippen molar-refractivity contribution in [2.24, 2.45) is 5.92 Å². The first-order chi connectivity index (χ1) is 8.69. The second kappa shape index (κ2) is 8.30. The third-order valence-electron chi connectivity index (χ3n) is 3.50. The van der Waals surface area contributed by atoms with Crippen LogP contribution >= 0.6 is 0 Å². The van der Waals surface area contributed by atoms with Crippen LogP contribution in [0.15, 0.2) is 11.6 Å². The van der Waals surface area contributed by atoms with Crippen molar-refractivity contribution in [1.29, 1.82) is 0 Å². The van der Waals surface area contributed by atoms with Crippen molar-refractivity contribution >= 4 is 5.97 Å². The molecule has 3 nitrogen and oxygen atoms in total. The van der Waals surface area contributed by atoms with Crippen LogP contribution in [0.25, 0.3) is 0 Å². The van der Waals surface area contributed by atoms with E-state index in [0.29, 0.717) is 24.5 Å². The average Bonchev–Trinajstić information content (AvgIpc) is 2.37. The van der Waals surface area contributed by atoms with Gasteiger partial charge in [-0.2, -0.15) is 0 Å². The second-order valence-electron chi connectivity index (χ2n) is 5.05. The third-order valence-corrected chi connectivity index (χ3v) is 3.50. The van der Waals surface area contributed by atoms with Gasteiger partial charge in [0.25, 0.3) is 0 Å². The van der Waals surface area contributed by atoms with E-state index in [4.69, 9.17) is 4.74 Å². The first-order valence-electron chi connectivity index (χ1n) is 7.25. The molecule has 0 aliphatic heterocycles. The molecule has 0 aromatic heterocycles. The zero-order valence-electron chi connectivity index (χ0n) is 11.7. The van der Waals surface area contributed by atoms with Gasteiger partial charge in [-0.3, -0.25) is 0 Å². The summed E-state index contributed by atoms with van der Waals surface area (Å²) in [5.41, 5.74) is 0.477. The molecule has 1 N–H and O–H groups in total. The maximum absolute atomic E-state index is 11.9. The molecule has 1 fully saturated rings. The van der Waals surface area contributed by atoms with Crippen LogP contribution in [0, 0.1) is 5.92 Å². The quantitative estimate of drug-likeness (QED) is 0.585. The first kappa shape index (κ1) is 15.2. The number of rotatable bonds is 6. The van der Waals surface area contributed by atoms with Crippen LogP contribution in [0.4, 0.5) is 0 Å². The Labute approximate surface area is 110 Å². The lowest BCUT2D eigenvalue weighted by atomic mass is 9.87. The molecule has 0 saturated heterocycles. The molecule has 0 radical (unpaired) electrons. The number of aliphatic hydroxyl groups is 1. The molecule has 0 aromatic carbocycles. The Balaban J connectivity index is 2.73. The van der Waals surface area contributed by atoms with Crippen LogP contribution in [0.1, 0.15) is 58.8 Å². The molecular formula is C15H26O3. The Morgan fingerprint density at radius 2 is 2.00 bits per heavy atom. The van der Waals surface area contributed by atoms with Crippen LogP contribution in [-0.4, -0.2) is 23.8 Å². The van der Waals surface area contributed by atoms with Gasteiger partial charge in [0.05, 0.1) is 18.3 Å². The van der Waals surface area contributed by atoms with E-state index in [-0.39, 0.29) is 5.97 Å². The summed E-state index contributed by atoms with van der Waals surface area (Å²) < 4.78 is 5.05. The van der Waals surface area contributed by atoms with Gasteiger partial charge in [0.15, 0.2) is 0 Å². The smallest absolute Gasteiger partial charge is 0.336 e. The molecule has 18 heavy (non-hydrogen) atoms. The fourth-order valence-corrected chi connectivity index (χ4v) is 2.51. The standard InChI is InChI=1S/C15H26O3/c1-3-8-14(16)13(15(17)18-4-2)11-12-9-6-5-7-10-12/h11-12,14,16H,3-10H2,1-2H3/b13-11-. The van der Waals surface area contributed by atoms with Gasteiger partial charge in [-0.15, -0.1) is 0 Å². The van der Waals surface area contributed by atoms with E-state index in [9.17, 15) is 9.90 Å². The topological polar surface area (TPSA) is 46.5 Å². The van der Waals surface area contributed by atoms with Crippen molar-refractivity contribution in [3.8, 4) is 0 Å². The molecule has 1 aliphatic rings. The number of ether oxygens (including phenoxy) is 1. The zero-order valence-corrected chi connectivity index (χ0v) is 11.7. The summed E-state index contributed by atoms with van der Waals surface area (Å²) in [4.78, 5) is 11.9. The highest BCUT2D eigenvalue weighted by molar-refractivity contribution is 5.89. The predicted molar refractivity (Wildman–Crippen MR) is 72.2 cm³/mol. The molecular weight excluding hydrogens is 228 g/mol. The number of aliphatic hydroxyl groups excluding tert-OH is 1. The van der Waals surface area contributed by atoms with Gasteiger partial charge in [-0.1, -0.05) is 38.7 Å². The number of hydrogen-bond donors (Lipinski definition) is 1. The molecule has 1 saturated carbocycles. The monoisotopic (exact) mass is 254 g/mol. The Hall–Kier alpha value is -0.830. The highest BCUT2D eigenvalue weighted by Crippen LogP contribution is 2.27. The summed E-state index contributed by atoms with van der Waals surface area (Å²) >= 11 is 0. The summed E-state index contributed by atoms with van der Waals surface area (Å²) in [7, 11) is 0. The fraction of sp³-hybridized carbons (Fsp3) is 0.800. The van der Waals surface area contributed by atoms with Gasteiger partial charge in [0.1, 0.15) is 0 Å². The molecule has 1 atom stereocenters. The minimum absolute atomic E-state index is 0.343. The van der Waals surface area contributed by atoms with Crippen molar-refractivity contribution < 1.29 is 14.6 Å². The van der Waals surface area contributed by atoms with Crippen LogP contribution < -0.4 is 0 Å². The summed E-state index contributed by atoms with van der Waals surface area (Å²) in [5.74, 6) is 0.0914. The minimum atomic E-state index is -0.670. The molecule has 1 rings (SSSR count). The molecule has 0 bridgehead atoms. The van der Waals surface area contributed by atoms with Crippen molar-refractivity contribution in [2.75, 3.05) is 6.61 Å². The van der Waals surface area contributed by atoms with E-state index < -0.39 is 6.10 Å². The van der Waals surface area contributed by atoms with Gasteiger partial charge in [0, 0.05) is 0 Å². The van der Waals surface area contributed by atoms with Gasteiger partial charge in [0.2, 0.25) is 0 Å². The molecule has 0 aromatic rings. The molecule has 1 aliphatic carbocycles. The van der Waals surface area contributed by atoms with Crippen molar-refractivity contribution in [2.45, 2.75) is 64.9 Å². The molecule has 1 unspecified atom stereocenters. The van der Waals surface area contributed by atoms with Crippen molar-refractivity contribution in [1.82, 2.24) is 0 Å². The number of carbonyl (C=O) groups is 1. The lowest BCUT2D eigenvalue weighted by molar-refractivity contribution is -0.139. The first-order valence-corrected chi connectivity index (χ1v) is 7.25. The average molecular weight is 254 g/mol. The van der Waals surface area contributed by atoms with Gasteiger partial charge >= 0.3 is 5.97 Å². The van der Waals surface area contributed by atoms with E-state index in [1.54, 1.807) is 6.92 Å². The van der Waals surface area contributed by atoms with Crippen molar-refractivity contribution in [3.05, 3.63) is 11.6 Å². The van der Waals surface area contributed by atoms with Crippen LogP contribution in [-0.2, 0) is 9.53 Å². The normalized spacial score (nSPS) is 19.6. The van der Waals surface area contributed by atoms with Crippen molar-refractivity contribution in [3.63, 3.8) is 0 Å². The number of carbonyl (C=O) groups excluding carboxylic acids is 1. The Morgan fingerprint density at radius 1 is 1.33 bits per heavy atom. The fourth-order valence-electron chi connectivity index (χ4n) is 2.51. The zero-order chi connectivity index (χ0) is 13.4. The van der Waals surface area contributed by atoms with E-state index in [0.717, 1.165) is 19.3 Å². The summed E-state index contributed by atoms with van der Waals surface area (Å²) in [5, 5.41) is 10.1. The van der Waals surface area contributed by atoms with Gasteiger partial charge < -0.3 is 9.84 Å². The van der Waals surface area contributed by atoms with Crippen LogP contribution in [0.2, 0.25) is 0 Å². The molecule has 0 amide bonds. The maximum atomic E-state index is 11.9. The number of allylic oxidation sites excluding steroid dienone is 1. The number of esters is 1. The Bertz CT molecular complexity index is 277. The van der Waals surface area contributed by atoms with Crippen LogP contribution in [0.5, 0.6) is 0 Å². The molecule has 0 heterocycles. The molecule has 3 heteroatoms. The Kier molecular flexibility index (Phi) is 7.02. The minimum Gasteiger partial charge on any atom is -0.463 e. The summed E-state index contributed by atoms with van der Waals surface area (Å²) in [6.45, 7) is 4.16. The molecule has 0 spiro atoms. The Morgan fingerprint density at radius 3 is 2.56 bits per heavy atom. The van der Waals surface area contributed by atoms with E-state index in [1.165, 1.54) is 19.3 Å². The SMILES string of the molecule is CCCC(O)/C(=C/C1CCCCC1)C(=O)OCC. The van der Waals surface area contributed by atoms with E-state index in [1.807, 2.05) is 13.0 Å². The van der Waals surface area contributed by atoms with Gasteiger partial charge in [-0.05, 0) is 32.1 Å². The van der Waals surface area contributed by atoms with Crippen LogP contribution in [0.3, 0.4) is 0 Å². The summed E-state index contributed by atoms with van der Waals surface area (Å²) in [6, 6.07) is 0. The number of hydrogen-bond acceptors (Lipinski definition) is 3. The lowest BCUT2D eigenvalue weighted by Gasteiger charge is -2.21. The maximum Gasteiger partial charge on any atom is 0.336 e. The van der Waals surface area contributed by atoms with Gasteiger partial charge in [-0.25, -0.2) is 4.79 Å². The largest absolute Gasteiger partial charge is 0.463 e. The van der Waals surface area contributed by atoms with E-state index in [2.05, 4.69) is 0 Å². The highest BCUT2D eigenvalue weighted by Gasteiger charge is 2.22. The second-order valence-corrected chi connectivity index (χ2v) is 5.05. The van der Waals surface area contributed by atoms with E-state index >= 15 is 0 Å². The third kappa shape index (κ3) is 4.81.